The lowest BCUT2D eigenvalue weighted by molar-refractivity contribution is 0.391. The van der Waals surface area contributed by atoms with Gasteiger partial charge in [-0.3, -0.25) is 0 Å². The lowest BCUT2D eigenvalue weighted by Crippen LogP contribution is -2.35. The van der Waals surface area contributed by atoms with Gasteiger partial charge in [-0.15, -0.1) is 0 Å². The number of aromatic nitrogens is 1. The summed E-state index contributed by atoms with van der Waals surface area (Å²) in [6, 6.07) is 11.1. The molecule has 1 aromatic heterocycles. The van der Waals surface area contributed by atoms with E-state index in [9.17, 15) is 8.42 Å². The van der Waals surface area contributed by atoms with Gasteiger partial charge in [-0.1, -0.05) is 24.3 Å². The summed E-state index contributed by atoms with van der Waals surface area (Å²) >= 11 is 0. The van der Waals surface area contributed by atoms with Gasteiger partial charge in [0.05, 0.1) is 4.90 Å². The molecule has 3 rings (SSSR count). The molecule has 21 heavy (non-hydrogen) atoms. The Morgan fingerprint density at radius 1 is 1.19 bits per heavy atom. The number of hydrogen-bond donors (Lipinski definition) is 1. The van der Waals surface area contributed by atoms with Gasteiger partial charge in [0, 0.05) is 32.4 Å². The van der Waals surface area contributed by atoms with Gasteiger partial charge in [-0.2, -0.15) is 4.31 Å². The minimum absolute atomic E-state index is 0.279. The van der Waals surface area contributed by atoms with E-state index in [1.807, 2.05) is 18.2 Å². The predicted molar refractivity (Wildman–Crippen MR) is 81.5 cm³/mol. The highest BCUT2D eigenvalue weighted by Gasteiger charge is 2.28. The highest BCUT2D eigenvalue weighted by atomic mass is 32.2. The van der Waals surface area contributed by atoms with Gasteiger partial charge in [-0.05, 0) is 23.6 Å². The Bertz CT molecular complexity index is 759. The molecule has 110 valence electrons. The van der Waals surface area contributed by atoms with E-state index in [0.29, 0.717) is 18.9 Å². The summed E-state index contributed by atoms with van der Waals surface area (Å²) < 4.78 is 27.0. The molecule has 0 aliphatic carbocycles. The Balaban J connectivity index is 1.93. The molecule has 0 atom stereocenters. The number of rotatable bonds is 3. The lowest BCUT2D eigenvalue weighted by Gasteiger charge is -2.28. The van der Waals surface area contributed by atoms with Crippen LogP contribution in [0.15, 0.2) is 47.5 Å². The van der Waals surface area contributed by atoms with Crippen molar-refractivity contribution in [3.05, 3.63) is 53.7 Å². The van der Waals surface area contributed by atoms with E-state index in [4.69, 9.17) is 0 Å². The van der Waals surface area contributed by atoms with Crippen LogP contribution in [0.2, 0.25) is 0 Å². The van der Waals surface area contributed by atoms with Gasteiger partial charge >= 0.3 is 0 Å². The Kier molecular flexibility index (Phi) is 3.65. The molecule has 5 nitrogen and oxygen atoms in total. The summed E-state index contributed by atoms with van der Waals surface area (Å²) in [6.45, 7) is 0.937. The van der Waals surface area contributed by atoms with Crippen LogP contribution in [0.1, 0.15) is 11.1 Å². The highest BCUT2D eigenvalue weighted by molar-refractivity contribution is 7.89. The molecular formula is C15H17N3O2S. The summed E-state index contributed by atoms with van der Waals surface area (Å²) in [5, 5.41) is 2.86. The molecular weight excluding hydrogens is 286 g/mol. The van der Waals surface area contributed by atoms with Crippen LogP contribution in [0.3, 0.4) is 0 Å². The first-order valence-corrected chi connectivity index (χ1v) is 8.26. The summed E-state index contributed by atoms with van der Waals surface area (Å²) in [5.41, 5.74) is 2.31. The number of nitrogens with one attached hydrogen (secondary N) is 1. The highest BCUT2D eigenvalue weighted by Crippen LogP contribution is 2.25. The van der Waals surface area contributed by atoms with Crippen molar-refractivity contribution in [2.45, 2.75) is 17.9 Å². The molecule has 0 saturated heterocycles. The zero-order valence-electron chi connectivity index (χ0n) is 11.8. The normalized spacial score (nSPS) is 15.5. The van der Waals surface area contributed by atoms with Crippen molar-refractivity contribution >= 4 is 15.8 Å². The summed E-state index contributed by atoms with van der Waals surface area (Å²) in [4.78, 5) is 4.34. The largest absolute Gasteiger partial charge is 0.373 e. The van der Waals surface area contributed by atoms with Gasteiger partial charge < -0.3 is 5.32 Å². The number of anilines is 1. The van der Waals surface area contributed by atoms with Crippen molar-refractivity contribution in [3.63, 3.8) is 0 Å². The van der Waals surface area contributed by atoms with E-state index in [0.717, 1.165) is 12.0 Å². The van der Waals surface area contributed by atoms with Gasteiger partial charge in [0.25, 0.3) is 0 Å². The second-order valence-corrected chi connectivity index (χ2v) is 6.92. The third-order valence-electron chi connectivity index (χ3n) is 3.72. The smallest absolute Gasteiger partial charge is 0.243 e. The molecule has 0 fully saturated rings. The molecule has 2 heterocycles. The Morgan fingerprint density at radius 2 is 1.95 bits per heavy atom. The summed E-state index contributed by atoms with van der Waals surface area (Å²) in [6.07, 6.45) is 2.26. The van der Waals surface area contributed by atoms with E-state index in [1.54, 1.807) is 13.1 Å². The molecule has 2 aromatic rings. The number of nitrogens with zero attached hydrogens (tertiary/aromatic N) is 2. The van der Waals surface area contributed by atoms with Gasteiger partial charge in [0.2, 0.25) is 10.0 Å². The molecule has 0 amide bonds. The second-order valence-electron chi connectivity index (χ2n) is 4.98. The van der Waals surface area contributed by atoms with E-state index >= 15 is 0 Å². The quantitative estimate of drug-likeness (QED) is 0.940. The monoisotopic (exact) mass is 303 g/mol. The van der Waals surface area contributed by atoms with Crippen LogP contribution < -0.4 is 5.32 Å². The fraction of sp³-hybridized carbons (Fsp3) is 0.267. The molecule has 0 radical (unpaired) electrons. The molecule has 0 unspecified atom stereocenters. The summed E-state index contributed by atoms with van der Waals surface area (Å²) in [5.74, 6) is 0.550. The minimum atomic E-state index is -3.48. The van der Waals surface area contributed by atoms with E-state index < -0.39 is 10.0 Å². The van der Waals surface area contributed by atoms with Crippen LogP contribution in [-0.4, -0.2) is 31.3 Å². The van der Waals surface area contributed by atoms with E-state index in [1.165, 1.54) is 22.1 Å². The molecule has 1 aromatic carbocycles. The molecule has 0 saturated carbocycles. The lowest BCUT2D eigenvalue weighted by atomic mass is 10.0. The van der Waals surface area contributed by atoms with Gasteiger partial charge in [0.15, 0.2) is 0 Å². The van der Waals surface area contributed by atoms with Crippen molar-refractivity contribution < 1.29 is 8.42 Å². The van der Waals surface area contributed by atoms with Gasteiger partial charge in [0.1, 0.15) is 5.82 Å². The zero-order valence-corrected chi connectivity index (χ0v) is 12.6. The van der Waals surface area contributed by atoms with Crippen LogP contribution in [0.5, 0.6) is 0 Å². The van der Waals surface area contributed by atoms with Crippen molar-refractivity contribution in [3.8, 4) is 0 Å². The Hall–Kier alpha value is -1.92. The second kappa shape index (κ2) is 5.46. The first-order valence-electron chi connectivity index (χ1n) is 6.82. The topological polar surface area (TPSA) is 62.3 Å². The van der Waals surface area contributed by atoms with Crippen LogP contribution in [0.25, 0.3) is 0 Å². The Labute approximate surface area is 124 Å². The van der Waals surface area contributed by atoms with Crippen molar-refractivity contribution in [1.82, 2.24) is 9.29 Å². The van der Waals surface area contributed by atoms with E-state index in [2.05, 4.69) is 16.4 Å². The SMILES string of the molecule is CNc1cc(S(=O)(=O)N2CCc3ccccc3C2)ccn1. The molecule has 1 aliphatic rings. The molecule has 1 N–H and O–H groups in total. The zero-order chi connectivity index (χ0) is 14.9. The number of hydrogen-bond acceptors (Lipinski definition) is 4. The van der Waals surface area contributed by atoms with Crippen LogP contribution in [0.4, 0.5) is 5.82 Å². The fourth-order valence-corrected chi connectivity index (χ4v) is 3.96. The predicted octanol–water partition coefficient (Wildman–Crippen LogP) is 1.87. The summed E-state index contributed by atoms with van der Waals surface area (Å²) in [7, 11) is -1.77. The molecule has 6 heteroatoms. The first kappa shape index (κ1) is 14.0. The van der Waals surface area contributed by atoms with Crippen molar-refractivity contribution in [2.75, 3.05) is 18.9 Å². The van der Waals surface area contributed by atoms with Crippen molar-refractivity contribution in [2.24, 2.45) is 0 Å². The van der Waals surface area contributed by atoms with Gasteiger partial charge in [-0.25, -0.2) is 13.4 Å². The first-order chi connectivity index (χ1) is 10.1. The standard InChI is InChI=1S/C15H17N3O2S/c1-16-15-10-14(6-8-17-15)21(19,20)18-9-7-12-4-2-3-5-13(12)11-18/h2-6,8,10H,7,9,11H2,1H3,(H,16,17). The van der Waals surface area contributed by atoms with Crippen LogP contribution in [0, 0.1) is 0 Å². The van der Waals surface area contributed by atoms with Crippen LogP contribution in [-0.2, 0) is 23.0 Å². The molecule has 0 spiro atoms. The third-order valence-corrected chi connectivity index (χ3v) is 5.56. The molecule has 1 aliphatic heterocycles. The average molecular weight is 303 g/mol. The number of pyridine rings is 1. The van der Waals surface area contributed by atoms with Crippen LogP contribution >= 0.6 is 0 Å². The number of sulfonamides is 1. The third kappa shape index (κ3) is 2.64. The van der Waals surface area contributed by atoms with E-state index in [-0.39, 0.29) is 4.90 Å². The van der Waals surface area contributed by atoms with Crippen molar-refractivity contribution in [1.29, 1.82) is 0 Å². The maximum absolute atomic E-state index is 12.7. The Morgan fingerprint density at radius 3 is 2.71 bits per heavy atom. The molecule has 0 bridgehead atoms. The number of benzene rings is 1. The number of fused-ring (bicyclic) bond motifs is 1. The maximum atomic E-state index is 12.7. The minimum Gasteiger partial charge on any atom is -0.373 e. The fourth-order valence-electron chi connectivity index (χ4n) is 2.53. The average Bonchev–Trinajstić information content (AvgIpc) is 2.54. The maximum Gasteiger partial charge on any atom is 0.243 e.